The molecule has 0 bridgehead atoms. The molecule has 0 aliphatic carbocycles. The first-order valence-electron chi connectivity index (χ1n) is 9.54. The van der Waals surface area contributed by atoms with Crippen LogP contribution in [0.25, 0.3) is 22.8 Å². The number of rotatable bonds is 3. The smallest absolute Gasteiger partial charge is 0.254 e. The Labute approximate surface area is 177 Å². The third kappa shape index (κ3) is 3.33. The highest BCUT2D eigenvalue weighted by atomic mass is 35.5. The molecule has 1 aromatic carbocycles. The topological polar surface area (TPSA) is 89.7 Å². The zero-order valence-electron chi connectivity index (χ0n) is 16.0. The summed E-state index contributed by atoms with van der Waals surface area (Å²) in [5.41, 5.74) is 9.55. The molecule has 1 aliphatic heterocycles. The van der Waals surface area contributed by atoms with E-state index < -0.39 is 0 Å². The number of carbonyl (C=O) groups excluding carboxylic acids is 1. The Bertz CT molecular complexity index is 1280. The Morgan fingerprint density at radius 3 is 2.67 bits per heavy atom. The molecule has 0 fully saturated rings. The van der Waals surface area contributed by atoms with Crippen molar-refractivity contribution in [1.82, 2.24) is 19.5 Å². The van der Waals surface area contributed by atoms with Crippen LogP contribution < -0.4 is 5.73 Å². The first-order valence-corrected chi connectivity index (χ1v) is 9.92. The molecule has 0 radical (unpaired) electrons. The maximum absolute atomic E-state index is 13.1. The second-order valence-electron chi connectivity index (χ2n) is 7.07. The highest BCUT2D eigenvalue weighted by Gasteiger charge is 2.21. The molecule has 7 nitrogen and oxygen atoms in total. The summed E-state index contributed by atoms with van der Waals surface area (Å²) >= 11 is 5.83. The van der Waals surface area contributed by atoms with Gasteiger partial charge >= 0.3 is 0 Å². The quantitative estimate of drug-likeness (QED) is 0.538. The number of carbonyl (C=O) groups is 1. The van der Waals surface area contributed by atoms with E-state index in [4.69, 9.17) is 21.8 Å². The Kier molecular flexibility index (Phi) is 4.52. The number of anilines is 1. The number of amides is 1. The number of nitrogens with two attached hydrogens (primary N) is 1. The maximum atomic E-state index is 13.1. The van der Waals surface area contributed by atoms with Gasteiger partial charge in [0.2, 0.25) is 5.82 Å². The van der Waals surface area contributed by atoms with Crippen LogP contribution in [0.15, 0.2) is 65.1 Å². The van der Waals surface area contributed by atoms with Crippen LogP contribution in [0.1, 0.15) is 22.3 Å². The minimum absolute atomic E-state index is 0.0850. The van der Waals surface area contributed by atoms with Crippen molar-refractivity contribution in [2.45, 2.75) is 6.42 Å². The number of aromatic nitrogens is 3. The fourth-order valence-corrected chi connectivity index (χ4v) is 3.77. The lowest BCUT2D eigenvalue weighted by molar-refractivity contribution is 0.0773. The lowest BCUT2D eigenvalue weighted by atomic mass is 9.99. The minimum atomic E-state index is -0.0850. The van der Waals surface area contributed by atoms with Gasteiger partial charge in [0.15, 0.2) is 16.6 Å². The molecule has 1 aliphatic rings. The lowest BCUT2D eigenvalue weighted by Gasteiger charge is -2.27. The molecule has 3 aromatic heterocycles. The van der Waals surface area contributed by atoms with Crippen molar-refractivity contribution in [2.75, 3.05) is 18.8 Å². The van der Waals surface area contributed by atoms with E-state index in [0.29, 0.717) is 41.7 Å². The van der Waals surface area contributed by atoms with E-state index in [2.05, 4.69) is 28.3 Å². The second kappa shape index (κ2) is 7.35. The maximum Gasteiger partial charge on any atom is 0.254 e. The van der Waals surface area contributed by atoms with Crippen LogP contribution in [0.2, 0.25) is 5.22 Å². The first kappa shape index (κ1) is 18.4. The zero-order valence-corrected chi connectivity index (χ0v) is 16.7. The third-order valence-corrected chi connectivity index (χ3v) is 5.35. The van der Waals surface area contributed by atoms with Crippen LogP contribution in [0.5, 0.6) is 0 Å². The van der Waals surface area contributed by atoms with Gasteiger partial charge in [-0.3, -0.25) is 4.79 Å². The average Bonchev–Trinajstić information content (AvgIpc) is 3.40. The van der Waals surface area contributed by atoms with Gasteiger partial charge in [0.25, 0.3) is 5.91 Å². The summed E-state index contributed by atoms with van der Waals surface area (Å²) in [6.45, 7) is 1.20. The van der Waals surface area contributed by atoms with Crippen LogP contribution in [-0.2, 0) is 0 Å². The molecule has 5 rings (SSSR count). The molecule has 8 heteroatoms. The van der Waals surface area contributed by atoms with E-state index in [1.54, 1.807) is 29.2 Å². The van der Waals surface area contributed by atoms with Crippen LogP contribution in [0.3, 0.4) is 0 Å². The van der Waals surface area contributed by atoms with Gasteiger partial charge in [0.1, 0.15) is 5.82 Å². The van der Waals surface area contributed by atoms with E-state index in [1.807, 2.05) is 18.2 Å². The number of fused-ring (bicyclic) bond motifs is 1. The number of nitrogen functional groups attached to an aromatic ring is 1. The molecule has 150 valence electrons. The standard InChI is InChI=1S/C22H18ClN5O2/c23-18-7-6-17(30-18)21-25-20-13-16(12-19(24)28(20)26-21)22(29)27-10-8-15(9-11-27)14-4-2-1-3-5-14/h1-8,12-13H,9-11,24H2. The molecule has 0 spiro atoms. The summed E-state index contributed by atoms with van der Waals surface area (Å²) in [7, 11) is 0. The van der Waals surface area contributed by atoms with Crippen LogP contribution in [0, 0.1) is 0 Å². The summed E-state index contributed by atoms with van der Waals surface area (Å²) in [5.74, 6) is 1.03. The molecular formula is C22H18ClN5O2. The first-order chi connectivity index (χ1) is 14.6. The zero-order chi connectivity index (χ0) is 20.7. The van der Waals surface area contributed by atoms with Gasteiger partial charge in [0.05, 0.1) is 0 Å². The molecule has 4 aromatic rings. The number of nitrogens with zero attached hydrogens (tertiary/aromatic N) is 4. The molecule has 0 unspecified atom stereocenters. The molecular weight excluding hydrogens is 402 g/mol. The molecule has 4 heterocycles. The van der Waals surface area contributed by atoms with Gasteiger partial charge < -0.3 is 15.1 Å². The molecule has 1 amide bonds. The number of benzene rings is 1. The largest absolute Gasteiger partial charge is 0.441 e. The van der Waals surface area contributed by atoms with Gasteiger partial charge in [-0.15, -0.1) is 5.10 Å². The monoisotopic (exact) mass is 419 g/mol. The Hall–Kier alpha value is -3.58. The number of halogens is 1. The number of hydrogen-bond donors (Lipinski definition) is 1. The Morgan fingerprint density at radius 1 is 1.13 bits per heavy atom. The highest BCUT2D eigenvalue weighted by molar-refractivity contribution is 6.28. The Morgan fingerprint density at radius 2 is 1.97 bits per heavy atom. The molecule has 30 heavy (non-hydrogen) atoms. The second-order valence-corrected chi connectivity index (χ2v) is 7.45. The fourth-order valence-electron chi connectivity index (χ4n) is 3.62. The fraction of sp³-hybridized carbons (Fsp3) is 0.136. The van der Waals surface area contributed by atoms with Crippen molar-refractivity contribution in [2.24, 2.45) is 0 Å². The summed E-state index contributed by atoms with van der Waals surface area (Å²) in [6, 6.07) is 16.8. The van der Waals surface area contributed by atoms with E-state index in [-0.39, 0.29) is 11.1 Å². The van der Waals surface area contributed by atoms with Crippen molar-refractivity contribution in [3.63, 3.8) is 0 Å². The van der Waals surface area contributed by atoms with Gasteiger partial charge in [-0.05, 0) is 53.4 Å². The van der Waals surface area contributed by atoms with Crippen molar-refractivity contribution >= 4 is 34.5 Å². The summed E-state index contributed by atoms with van der Waals surface area (Å²) in [5, 5.41) is 4.60. The van der Waals surface area contributed by atoms with Gasteiger partial charge in [-0.25, -0.2) is 4.98 Å². The van der Waals surface area contributed by atoms with E-state index >= 15 is 0 Å². The van der Waals surface area contributed by atoms with Crippen LogP contribution >= 0.6 is 11.6 Å². The van der Waals surface area contributed by atoms with Crippen LogP contribution in [-0.4, -0.2) is 38.5 Å². The summed E-state index contributed by atoms with van der Waals surface area (Å²) < 4.78 is 6.84. The van der Waals surface area contributed by atoms with E-state index in [1.165, 1.54) is 15.7 Å². The normalized spacial score (nSPS) is 14.2. The molecule has 2 N–H and O–H groups in total. The Balaban J connectivity index is 1.41. The molecule has 0 atom stereocenters. The molecule has 0 saturated heterocycles. The van der Waals surface area contributed by atoms with Crippen molar-refractivity contribution in [3.05, 3.63) is 77.0 Å². The van der Waals surface area contributed by atoms with Gasteiger partial charge in [0, 0.05) is 18.7 Å². The highest BCUT2D eigenvalue weighted by Crippen LogP contribution is 2.25. The van der Waals surface area contributed by atoms with Gasteiger partial charge in [-0.1, -0.05) is 36.4 Å². The van der Waals surface area contributed by atoms with Gasteiger partial charge in [-0.2, -0.15) is 4.52 Å². The number of furan rings is 1. The van der Waals surface area contributed by atoms with Crippen molar-refractivity contribution in [3.8, 4) is 11.6 Å². The summed E-state index contributed by atoms with van der Waals surface area (Å²) in [4.78, 5) is 19.3. The number of pyridine rings is 1. The van der Waals surface area contributed by atoms with E-state index in [9.17, 15) is 4.79 Å². The van der Waals surface area contributed by atoms with Crippen LogP contribution in [0.4, 0.5) is 5.82 Å². The molecule has 0 saturated carbocycles. The van der Waals surface area contributed by atoms with Crippen molar-refractivity contribution < 1.29 is 9.21 Å². The van der Waals surface area contributed by atoms with E-state index in [0.717, 1.165) is 6.42 Å². The average molecular weight is 420 g/mol. The predicted octanol–water partition coefficient (Wildman–Crippen LogP) is 4.15. The minimum Gasteiger partial charge on any atom is -0.441 e. The third-order valence-electron chi connectivity index (χ3n) is 5.15. The predicted molar refractivity (Wildman–Crippen MR) is 115 cm³/mol. The summed E-state index contributed by atoms with van der Waals surface area (Å²) in [6.07, 6.45) is 2.91. The van der Waals surface area contributed by atoms with Crippen molar-refractivity contribution in [1.29, 1.82) is 0 Å². The lowest BCUT2D eigenvalue weighted by Crippen LogP contribution is -2.34. The SMILES string of the molecule is Nc1cc(C(=O)N2CC=C(c3ccccc3)CC2)cc2nc(-c3ccc(Cl)o3)nn12. The number of hydrogen-bond acceptors (Lipinski definition) is 5.